The molecule has 7 atom stereocenters. The van der Waals surface area contributed by atoms with Crippen molar-refractivity contribution in [2.24, 2.45) is 5.92 Å². The maximum Gasteiger partial charge on any atom is 0.248 e. The summed E-state index contributed by atoms with van der Waals surface area (Å²) in [5, 5.41) is 0. The maximum atomic E-state index is 7.13. The fourth-order valence-corrected chi connectivity index (χ4v) is 14.5. The van der Waals surface area contributed by atoms with Crippen molar-refractivity contribution < 1.29 is 28.0 Å². The molecule has 0 aromatic heterocycles. The standard InChI is InChI=1S/C36H42BO6PS2/c1-24(2)25-19-20-35(3)33(21-25)43-44(45,46-35)42-31-22-34(37)41-32(31)23-40-36(26-9-7-6-8-10-26,27-11-15-29(38-4)16-12-27)28-13-17-30(39-5)18-14-28/h6-18,25,31-34H,1,19-23H2,2-5H3/t25-,31?,32-,33+,34-,35+,44-/m1/s1. The molecule has 2 radical (unpaired) electrons. The molecular weight excluding hydrogens is 634 g/mol. The zero-order valence-corrected chi connectivity index (χ0v) is 29.5. The van der Waals surface area contributed by atoms with Crippen molar-refractivity contribution in [3.8, 4) is 11.5 Å². The molecule has 2 heterocycles. The highest BCUT2D eigenvalue weighted by Crippen LogP contribution is 2.76. The van der Waals surface area contributed by atoms with E-state index in [2.05, 4.69) is 32.6 Å². The van der Waals surface area contributed by atoms with Gasteiger partial charge < -0.3 is 28.0 Å². The van der Waals surface area contributed by atoms with Crippen molar-refractivity contribution in [1.82, 2.24) is 0 Å². The number of hydrogen-bond donors (Lipinski definition) is 0. The van der Waals surface area contributed by atoms with Gasteiger partial charge in [0.05, 0.1) is 33.0 Å². The Labute approximate surface area is 283 Å². The highest BCUT2D eigenvalue weighted by Gasteiger charge is 2.55. The molecule has 0 bridgehead atoms. The molecule has 242 valence electrons. The molecule has 0 spiro atoms. The van der Waals surface area contributed by atoms with E-state index in [-0.39, 0.29) is 23.6 Å². The summed E-state index contributed by atoms with van der Waals surface area (Å²) in [6.07, 6.45) is 2.79. The monoisotopic (exact) mass is 676 g/mol. The molecule has 3 aliphatic rings. The van der Waals surface area contributed by atoms with E-state index in [1.807, 2.05) is 66.7 Å². The van der Waals surface area contributed by atoms with Gasteiger partial charge in [0.15, 0.2) is 0 Å². The summed E-state index contributed by atoms with van der Waals surface area (Å²) >= 11 is 7.88. The topological polar surface area (TPSA) is 55.4 Å². The third-order valence-electron chi connectivity index (χ3n) is 9.57. The van der Waals surface area contributed by atoms with Crippen LogP contribution in [0.1, 0.15) is 56.2 Å². The second-order valence-corrected chi connectivity index (χ2v) is 19.2. The highest BCUT2D eigenvalue weighted by molar-refractivity contribution is 8.68. The summed E-state index contributed by atoms with van der Waals surface area (Å²) in [6, 6.07) is 25.7. The number of methoxy groups -OCH3 is 2. The van der Waals surface area contributed by atoms with Crippen LogP contribution in [0.5, 0.6) is 11.5 Å². The Bertz CT molecular complexity index is 1510. The van der Waals surface area contributed by atoms with E-state index in [0.29, 0.717) is 12.3 Å². The van der Waals surface area contributed by atoms with Gasteiger partial charge in [-0.25, -0.2) is 0 Å². The van der Waals surface area contributed by atoms with E-state index in [0.717, 1.165) is 47.5 Å². The molecule has 0 amide bonds. The molecule has 2 aliphatic heterocycles. The molecular formula is C36H42BO6PS2. The van der Waals surface area contributed by atoms with Crippen molar-refractivity contribution in [2.45, 2.75) is 74.2 Å². The first-order chi connectivity index (χ1) is 22.1. The predicted molar refractivity (Wildman–Crippen MR) is 189 cm³/mol. The average molecular weight is 677 g/mol. The predicted octanol–water partition coefficient (Wildman–Crippen LogP) is 8.17. The fraction of sp³-hybridized carbons (Fsp3) is 0.444. The molecule has 0 N–H and O–H groups in total. The molecule has 3 aromatic rings. The first-order valence-corrected chi connectivity index (χ1v) is 19.9. The minimum atomic E-state index is -2.67. The van der Waals surface area contributed by atoms with Crippen molar-refractivity contribution in [3.63, 3.8) is 0 Å². The summed E-state index contributed by atoms with van der Waals surface area (Å²) in [7, 11) is 9.72. The van der Waals surface area contributed by atoms with E-state index < -0.39 is 23.4 Å². The van der Waals surface area contributed by atoms with Crippen molar-refractivity contribution >= 4 is 36.7 Å². The normalized spacial score (nSPS) is 30.9. The second kappa shape index (κ2) is 13.8. The molecule has 2 saturated heterocycles. The molecule has 6 nitrogen and oxygen atoms in total. The van der Waals surface area contributed by atoms with Gasteiger partial charge in [-0.1, -0.05) is 78.1 Å². The van der Waals surface area contributed by atoms with Crippen LogP contribution in [-0.2, 0) is 35.9 Å². The molecule has 3 aromatic carbocycles. The van der Waals surface area contributed by atoms with E-state index >= 15 is 0 Å². The summed E-state index contributed by atoms with van der Waals surface area (Å²) in [5.74, 6) is 1.97. The number of rotatable bonds is 11. The van der Waals surface area contributed by atoms with Crippen LogP contribution >= 0.6 is 17.1 Å². The van der Waals surface area contributed by atoms with E-state index in [1.165, 1.54) is 5.57 Å². The number of benzene rings is 3. The van der Waals surface area contributed by atoms with Crippen LogP contribution in [-0.4, -0.2) is 57.7 Å². The summed E-state index contributed by atoms with van der Waals surface area (Å²) in [4.78, 5) is 0. The van der Waals surface area contributed by atoms with Gasteiger partial charge in [0, 0.05) is 10.8 Å². The Morgan fingerprint density at radius 2 is 1.57 bits per heavy atom. The van der Waals surface area contributed by atoms with Crippen molar-refractivity contribution in [1.29, 1.82) is 0 Å². The smallest absolute Gasteiger partial charge is 0.248 e. The molecule has 46 heavy (non-hydrogen) atoms. The highest BCUT2D eigenvalue weighted by atomic mass is 32.9. The van der Waals surface area contributed by atoms with Crippen LogP contribution in [0.25, 0.3) is 0 Å². The van der Waals surface area contributed by atoms with Gasteiger partial charge >= 0.3 is 0 Å². The van der Waals surface area contributed by atoms with Gasteiger partial charge in [-0.3, -0.25) is 0 Å². The van der Waals surface area contributed by atoms with E-state index in [1.54, 1.807) is 25.6 Å². The summed E-state index contributed by atoms with van der Waals surface area (Å²) in [6.45, 7) is 8.80. The fourth-order valence-electron chi connectivity index (χ4n) is 6.89. The quantitative estimate of drug-likeness (QED) is 0.0873. The Morgan fingerprint density at radius 1 is 0.978 bits per heavy atom. The number of allylic oxidation sites excluding steroid dienone is 1. The minimum Gasteiger partial charge on any atom is -0.497 e. The lowest BCUT2D eigenvalue weighted by Crippen LogP contribution is -2.39. The Morgan fingerprint density at radius 3 is 2.13 bits per heavy atom. The van der Waals surface area contributed by atoms with Crippen LogP contribution in [0.4, 0.5) is 0 Å². The van der Waals surface area contributed by atoms with Crippen molar-refractivity contribution in [3.05, 3.63) is 108 Å². The molecule has 6 rings (SSSR count). The lowest BCUT2D eigenvalue weighted by molar-refractivity contribution is -0.0701. The Balaban J connectivity index is 1.30. The van der Waals surface area contributed by atoms with Crippen LogP contribution in [0, 0.1) is 5.92 Å². The first kappa shape index (κ1) is 33.8. The Hall–Kier alpha value is -2.10. The zero-order chi connectivity index (χ0) is 32.5. The lowest BCUT2D eigenvalue weighted by atomic mass is 9.77. The van der Waals surface area contributed by atoms with Crippen molar-refractivity contribution in [2.75, 3.05) is 20.8 Å². The van der Waals surface area contributed by atoms with Gasteiger partial charge in [0.2, 0.25) is 5.69 Å². The third kappa shape index (κ3) is 6.75. The molecule has 1 aliphatic carbocycles. The number of hydrogen-bond acceptors (Lipinski definition) is 8. The number of ether oxygens (including phenoxy) is 4. The second-order valence-electron chi connectivity index (χ2n) is 12.7. The molecule has 3 fully saturated rings. The van der Waals surface area contributed by atoms with Gasteiger partial charge in [0.1, 0.15) is 31.1 Å². The molecule has 1 saturated carbocycles. The minimum absolute atomic E-state index is 0.0420. The van der Waals surface area contributed by atoms with Gasteiger partial charge in [-0.2, -0.15) is 0 Å². The SMILES string of the molecule is [B][C@H]1CC(O[P@]2(=S)O[C@H]3C[C@H](C(=C)C)CC[C@]3(C)S2)[C@@H](COC(c2ccccc2)(c2ccc(OC)cc2)c2ccc(OC)cc2)O1. The van der Waals surface area contributed by atoms with E-state index in [9.17, 15) is 0 Å². The zero-order valence-electron chi connectivity index (χ0n) is 26.9. The van der Waals surface area contributed by atoms with Crippen LogP contribution in [0.15, 0.2) is 91.0 Å². The Kier molecular flexibility index (Phi) is 10.1. The maximum absolute atomic E-state index is 7.13. The summed E-state index contributed by atoms with van der Waals surface area (Å²) in [5.41, 5.74) is 0.405. The average Bonchev–Trinajstić information content (AvgIpc) is 3.54. The largest absolute Gasteiger partial charge is 0.497 e. The molecule has 10 heteroatoms. The van der Waals surface area contributed by atoms with E-state index in [4.69, 9.17) is 47.6 Å². The van der Waals surface area contributed by atoms with Crippen LogP contribution in [0.3, 0.4) is 0 Å². The first-order valence-electron chi connectivity index (χ1n) is 15.8. The lowest BCUT2D eigenvalue weighted by Gasteiger charge is -2.37. The van der Waals surface area contributed by atoms with Gasteiger partial charge in [-0.15, -0.1) is 0 Å². The van der Waals surface area contributed by atoms with Gasteiger partial charge in [-0.05, 0) is 98.2 Å². The number of fused-ring (bicyclic) bond motifs is 1. The third-order valence-corrected chi connectivity index (χ3v) is 15.3. The van der Waals surface area contributed by atoms with Crippen LogP contribution in [0.2, 0.25) is 0 Å². The van der Waals surface area contributed by atoms with Gasteiger partial charge in [0.25, 0.3) is 0 Å². The van der Waals surface area contributed by atoms with Crippen LogP contribution < -0.4 is 9.47 Å². The summed E-state index contributed by atoms with van der Waals surface area (Å²) < 4.78 is 37.7. The molecule has 1 unspecified atom stereocenters.